The van der Waals surface area contributed by atoms with Gasteiger partial charge in [0.05, 0.1) is 0 Å². The molecule has 0 unspecified atom stereocenters. The Morgan fingerprint density at radius 1 is 0.577 bits per heavy atom. The fraction of sp³-hybridized carbons (Fsp3) is 1.00. The second kappa shape index (κ2) is 21.0. The van der Waals surface area contributed by atoms with Gasteiger partial charge < -0.3 is 14.2 Å². The Labute approximate surface area is 177 Å². The van der Waals surface area contributed by atoms with Gasteiger partial charge in [0.2, 0.25) is 0 Å². The van der Waals surface area contributed by atoms with Crippen molar-refractivity contribution >= 4 is 41.2 Å². The van der Waals surface area contributed by atoms with Gasteiger partial charge in [0.25, 0.3) is 5.97 Å². The molecule has 0 aromatic carbocycles. The highest BCUT2D eigenvalue weighted by Crippen LogP contribution is 2.43. The molecule has 0 aromatic heterocycles. The lowest BCUT2D eigenvalue weighted by molar-refractivity contribution is -0.380. The Bertz CT molecular complexity index is 266. The summed E-state index contributed by atoms with van der Waals surface area (Å²) in [4.78, 5) is 0. The summed E-state index contributed by atoms with van der Waals surface area (Å²) in [5.41, 5.74) is 0. The maximum absolute atomic E-state index is 5.77. The van der Waals surface area contributed by atoms with Crippen LogP contribution in [0.1, 0.15) is 85.5 Å². The summed E-state index contributed by atoms with van der Waals surface area (Å²) in [6, 6.07) is 0. The van der Waals surface area contributed by atoms with Crippen molar-refractivity contribution in [2.45, 2.75) is 91.5 Å². The first-order valence-electron chi connectivity index (χ1n) is 10.2. The molecule has 0 rings (SSSR count). The average Bonchev–Trinajstić information content (AvgIpc) is 2.63. The van der Waals surface area contributed by atoms with Crippen LogP contribution in [0.2, 0.25) is 0 Å². The maximum Gasteiger partial charge on any atom is 0.282 e. The van der Waals surface area contributed by atoms with E-state index >= 15 is 0 Å². The predicted octanol–water partition coefficient (Wildman–Crippen LogP) is 7.96. The normalized spacial score (nSPS) is 12.0. The first-order chi connectivity index (χ1) is 12.7. The largest absolute Gasteiger partial charge is 0.328 e. The molecule has 0 aromatic rings. The minimum Gasteiger partial charge on any atom is -0.328 e. The van der Waals surface area contributed by atoms with Gasteiger partial charge in [-0.05, 0) is 59.7 Å². The zero-order chi connectivity index (χ0) is 19.3. The van der Waals surface area contributed by atoms with Crippen molar-refractivity contribution in [3.63, 3.8) is 0 Å². The van der Waals surface area contributed by atoms with E-state index in [-0.39, 0.29) is 0 Å². The van der Waals surface area contributed by atoms with Gasteiger partial charge in [0, 0.05) is 37.7 Å². The molecule has 0 fully saturated rings. The van der Waals surface area contributed by atoms with Gasteiger partial charge in [-0.15, -0.1) is 0 Å². The van der Waals surface area contributed by atoms with Crippen LogP contribution in [0.25, 0.3) is 0 Å². The average molecular weight is 445 g/mol. The second-order valence-corrected chi connectivity index (χ2v) is 12.2. The topological polar surface area (TPSA) is 27.7 Å². The molecular weight excluding hydrogens is 404 g/mol. The lowest BCUT2D eigenvalue weighted by atomic mass is 10.1. The fourth-order valence-electron chi connectivity index (χ4n) is 2.58. The number of hydrogen-bond donors (Lipinski definition) is 0. The van der Waals surface area contributed by atoms with E-state index in [0.29, 0.717) is 19.8 Å². The molecule has 0 bridgehead atoms. The monoisotopic (exact) mass is 444 g/mol. The Morgan fingerprint density at radius 2 is 1.04 bits per heavy atom. The van der Waals surface area contributed by atoms with Gasteiger partial charge in [-0.1, -0.05) is 60.6 Å². The van der Waals surface area contributed by atoms with Crippen LogP contribution in [-0.2, 0) is 14.2 Å². The van der Waals surface area contributed by atoms with E-state index in [1.165, 1.54) is 56.5 Å². The molecule has 0 amide bonds. The van der Waals surface area contributed by atoms with E-state index in [1.54, 1.807) is 0 Å². The highest BCUT2D eigenvalue weighted by atomic mass is 33.7. The van der Waals surface area contributed by atoms with Crippen LogP contribution in [0.3, 0.4) is 0 Å². The molecule has 0 spiro atoms. The third kappa shape index (κ3) is 16.3. The predicted molar refractivity (Wildman–Crippen MR) is 125 cm³/mol. The van der Waals surface area contributed by atoms with E-state index in [4.69, 9.17) is 14.2 Å². The molecule has 0 saturated heterocycles. The molecule has 0 heterocycles. The lowest BCUT2D eigenvalue weighted by Gasteiger charge is -2.32. The summed E-state index contributed by atoms with van der Waals surface area (Å²) < 4.78 is 17.3. The highest BCUT2D eigenvalue weighted by molar-refractivity contribution is 9.26. The van der Waals surface area contributed by atoms with Crippen molar-refractivity contribution in [2.75, 3.05) is 31.3 Å². The molecule has 0 N–H and O–H groups in total. The van der Waals surface area contributed by atoms with Crippen molar-refractivity contribution < 1.29 is 14.2 Å². The fourth-order valence-corrected chi connectivity index (χ4v) is 8.83. The minimum absolute atomic E-state index is 0.617. The minimum atomic E-state index is -0.819. The third-order valence-electron chi connectivity index (χ3n) is 3.71. The van der Waals surface area contributed by atoms with Crippen molar-refractivity contribution in [3.8, 4) is 0 Å². The third-order valence-corrected chi connectivity index (χ3v) is 10.5. The van der Waals surface area contributed by atoms with Crippen LogP contribution < -0.4 is 0 Å². The number of ether oxygens (including phenoxy) is 3. The summed E-state index contributed by atoms with van der Waals surface area (Å²) in [5, 5.41) is 0. The van der Waals surface area contributed by atoms with Crippen LogP contribution in [0, 0.1) is 0 Å². The van der Waals surface area contributed by atoms with E-state index in [2.05, 4.69) is 6.92 Å². The Balaban J connectivity index is 3.52. The van der Waals surface area contributed by atoms with Crippen molar-refractivity contribution in [2.24, 2.45) is 0 Å². The van der Waals surface area contributed by atoms with Crippen LogP contribution in [0.15, 0.2) is 0 Å². The Kier molecular flexibility index (Phi) is 22.0. The molecular formula is C19H40O3S4. The second-order valence-electron chi connectivity index (χ2n) is 5.99. The SMILES string of the molecule is CCCSSSSCCCCCCCCCC(OCC)(OCC)OCC. The summed E-state index contributed by atoms with van der Waals surface area (Å²) in [7, 11) is 7.86. The van der Waals surface area contributed by atoms with Crippen molar-refractivity contribution in [1.82, 2.24) is 0 Å². The molecule has 158 valence electrons. The van der Waals surface area contributed by atoms with Crippen molar-refractivity contribution in [1.29, 1.82) is 0 Å². The molecule has 7 heteroatoms. The molecule has 0 saturated carbocycles. The molecule has 0 atom stereocenters. The van der Waals surface area contributed by atoms with Gasteiger partial charge in [0.1, 0.15) is 0 Å². The number of hydrogen-bond acceptors (Lipinski definition) is 7. The van der Waals surface area contributed by atoms with Crippen LogP contribution in [-0.4, -0.2) is 37.3 Å². The molecule has 26 heavy (non-hydrogen) atoms. The van der Waals surface area contributed by atoms with E-state index in [9.17, 15) is 0 Å². The van der Waals surface area contributed by atoms with Gasteiger partial charge in [-0.25, -0.2) is 0 Å². The first-order valence-corrected chi connectivity index (χ1v) is 15.4. The van der Waals surface area contributed by atoms with Crippen LogP contribution in [0.5, 0.6) is 0 Å². The summed E-state index contributed by atoms with van der Waals surface area (Å²) >= 11 is 0. The smallest absolute Gasteiger partial charge is 0.282 e. The van der Waals surface area contributed by atoms with Crippen molar-refractivity contribution in [3.05, 3.63) is 0 Å². The van der Waals surface area contributed by atoms with E-state index in [0.717, 1.165) is 12.8 Å². The summed E-state index contributed by atoms with van der Waals surface area (Å²) in [6.45, 7) is 10.1. The van der Waals surface area contributed by atoms with E-state index < -0.39 is 5.97 Å². The van der Waals surface area contributed by atoms with Gasteiger partial charge >= 0.3 is 0 Å². The number of unbranched alkanes of at least 4 members (excludes halogenated alkanes) is 6. The van der Waals surface area contributed by atoms with Crippen LogP contribution >= 0.6 is 41.2 Å². The first kappa shape index (κ1) is 27.3. The van der Waals surface area contributed by atoms with Gasteiger partial charge in [-0.2, -0.15) is 0 Å². The number of rotatable bonds is 21. The lowest BCUT2D eigenvalue weighted by Crippen LogP contribution is -2.39. The summed E-state index contributed by atoms with van der Waals surface area (Å²) in [5.74, 6) is 1.73. The van der Waals surface area contributed by atoms with Gasteiger partial charge in [0.15, 0.2) is 0 Å². The molecule has 3 nitrogen and oxygen atoms in total. The maximum atomic E-state index is 5.77. The highest BCUT2D eigenvalue weighted by Gasteiger charge is 2.31. The van der Waals surface area contributed by atoms with E-state index in [1.807, 2.05) is 62.0 Å². The van der Waals surface area contributed by atoms with Gasteiger partial charge in [-0.3, -0.25) is 0 Å². The molecule has 0 aliphatic carbocycles. The Hall–Kier alpha value is 1.28. The van der Waals surface area contributed by atoms with Crippen LogP contribution in [0.4, 0.5) is 0 Å². The zero-order valence-electron chi connectivity index (χ0n) is 17.3. The zero-order valence-corrected chi connectivity index (χ0v) is 20.5. The molecule has 0 radical (unpaired) electrons. The standard InChI is InChI=1S/C19H40O3S4/c1-5-17-23-25-26-24-18-15-13-11-9-10-12-14-16-19(20-6-2,21-7-3)22-8-4/h5-18H2,1-4H3. The molecule has 0 aliphatic heterocycles. The Morgan fingerprint density at radius 3 is 1.54 bits per heavy atom. The quantitative estimate of drug-likeness (QED) is 0.101. The summed E-state index contributed by atoms with van der Waals surface area (Å²) in [6.07, 6.45) is 11.1. The molecule has 0 aliphatic rings.